The van der Waals surface area contributed by atoms with Gasteiger partial charge in [0.05, 0.1) is 26.9 Å². The molecule has 1 aromatic rings. The summed E-state index contributed by atoms with van der Waals surface area (Å²) in [7, 11) is 2.60. The Kier molecular flexibility index (Phi) is 5.90. The number of carbonyl (C=O) groups is 1. The second kappa shape index (κ2) is 7.89. The van der Waals surface area contributed by atoms with Gasteiger partial charge in [0, 0.05) is 12.1 Å². The monoisotopic (exact) mass is 325 g/mol. The van der Waals surface area contributed by atoms with Crippen LogP contribution in [-0.4, -0.2) is 32.8 Å². The van der Waals surface area contributed by atoms with E-state index < -0.39 is 11.8 Å². The van der Waals surface area contributed by atoms with E-state index in [-0.39, 0.29) is 29.1 Å². The lowest BCUT2D eigenvalue weighted by Gasteiger charge is -2.28. The van der Waals surface area contributed by atoms with E-state index in [9.17, 15) is 14.1 Å². The van der Waals surface area contributed by atoms with Gasteiger partial charge in [0.25, 0.3) is 0 Å². The topological polar surface area (TPSA) is 74.2 Å². The van der Waals surface area contributed by atoms with Gasteiger partial charge in [-0.05, 0) is 31.6 Å². The van der Waals surface area contributed by atoms with E-state index in [0.29, 0.717) is 6.54 Å². The number of benzene rings is 1. The molecule has 0 N–H and O–H groups in total. The molecule has 23 heavy (non-hydrogen) atoms. The number of hydrogen-bond donors (Lipinski definition) is 0. The lowest BCUT2D eigenvalue weighted by atomic mass is 9.87. The van der Waals surface area contributed by atoms with Crippen molar-refractivity contribution < 1.29 is 23.4 Å². The first-order chi connectivity index (χ1) is 11.1. The first kappa shape index (κ1) is 17.2. The molecule has 0 bridgehead atoms. The van der Waals surface area contributed by atoms with Crippen LogP contribution in [0.2, 0.25) is 0 Å². The molecule has 1 saturated carbocycles. The van der Waals surface area contributed by atoms with Gasteiger partial charge >= 0.3 is 5.97 Å². The molecule has 0 aromatic heterocycles. The molecule has 2 rings (SSSR count). The van der Waals surface area contributed by atoms with Crippen LogP contribution in [0.15, 0.2) is 17.3 Å². The van der Waals surface area contributed by atoms with Crippen molar-refractivity contribution in [2.45, 2.75) is 31.8 Å². The van der Waals surface area contributed by atoms with Crippen LogP contribution in [0, 0.1) is 16.6 Å². The summed E-state index contributed by atoms with van der Waals surface area (Å²) < 4.78 is 29.5. The van der Waals surface area contributed by atoms with Crippen LogP contribution in [0.5, 0.6) is 11.5 Å². The van der Waals surface area contributed by atoms with Crippen LogP contribution in [0.4, 0.5) is 4.39 Å². The van der Waals surface area contributed by atoms with Gasteiger partial charge in [-0.3, -0.25) is 0 Å². The van der Waals surface area contributed by atoms with Crippen LogP contribution in [0.3, 0.4) is 0 Å². The Balaban J connectivity index is 2.11. The fourth-order valence-electron chi connectivity index (χ4n) is 2.78. The summed E-state index contributed by atoms with van der Waals surface area (Å²) >= 11 is 0. The third-order valence-electron chi connectivity index (χ3n) is 4.08. The van der Waals surface area contributed by atoms with Gasteiger partial charge in [-0.25, -0.2) is 9.18 Å². The number of carbonyl (C=O) groups excluding carboxylic acids is 1. The molecule has 1 aromatic carbocycles. The average Bonchev–Trinajstić information content (AvgIpc) is 2.57. The Labute approximate surface area is 133 Å². The molecular weight excluding hydrogens is 305 g/mol. The smallest absolute Gasteiger partial charge is 0.341 e. The maximum atomic E-state index is 14.1. The number of halogens is 1. The summed E-state index contributed by atoms with van der Waals surface area (Å²) in [6, 6.07) is 2.42. The van der Waals surface area contributed by atoms with Gasteiger partial charge in [0.2, 0.25) is 0 Å². The van der Waals surface area contributed by atoms with Crippen molar-refractivity contribution in [1.29, 1.82) is 0 Å². The predicted molar refractivity (Wildman–Crippen MR) is 81.3 cm³/mol. The number of methoxy groups -OCH3 is 2. The molecule has 0 amide bonds. The molecule has 0 spiro atoms. The molecule has 0 radical (unpaired) electrons. The van der Waals surface area contributed by atoms with Gasteiger partial charge in [0.1, 0.15) is 11.3 Å². The predicted octanol–water partition coefficient (Wildman–Crippen LogP) is 3.32. The summed E-state index contributed by atoms with van der Waals surface area (Å²) in [5.74, 6) is -0.831. The number of rotatable bonds is 6. The lowest BCUT2D eigenvalue weighted by Crippen LogP contribution is -2.25. The molecule has 0 aliphatic heterocycles. The molecule has 0 atom stereocenters. The molecule has 7 heteroatoms. The maximum absolute atomic E-state index is 14.1. The minimum atomic E-state index is -0.618. The van der Waals surface area contributed by atoms with Crippen molar-refractivity contribution in [2.24, 2.45) is 11.1 Å². The maximum Gasteiger partial charge on any atom is 0.341 e. The molecule has 0 heterocycles. The fraction of sp³-hybridized carbons (Fsp3) is 0.562. The van der Waals surface area contributed by atoms with Crippen molar-refractivity contribution in [3.05, 3.63) is 28.4 Å². The van der Waals surface area contributed by atoms with E-state index in [4.69, 9.17) is 9.47 Å². The molecule has 0 saturated heterocycles. The Morgan fingerprint density at radius 3 is 2.48 bits per heavy atom. The van der Waals surface area contributed by atoms with E-state index >= 15 is 0 Å². The Morgan fingerprint density at radius 2 is 1.91 bits per heavy atom. The standard InChI is InChI=1S/C16H20FNO5/c1-21-14-8-13(17)15(7-12(14)16(19)22-2)23-11-5-3-10(4-6-11)9-18-20/h7-8,10-11H,3-6,9H2,1-2H3. The van der Waals surface area contributed by atoms with E-state index in [1.165, 1.54) is 20.3 Å². The van der Waals surface area contributed by atoms with Crippen molar-refractivity contribution in [1.82, 2.24) is 0 Å². The summed E-state index contributed by atoms with van der Waals surface area (Å²) in [5.41, 5.74) is 0.116. The zero-order valence-corrected chi connectivity index (χ0v) is 13.2. The molecule has 6 nitrogen and oxygen atoms in total. The minimum absolute atomic E-state index is 0.00293. The molecule has 0 unspecified atom stereocenters. The number of esters is 1. The second-order valence-corrected chi connectivity index (χ2v) is 5.55. The first-order valence-electron chi connectivity index (χ1n) is 7.50. The van der Waals surface area contributed by atoms with E-state index in [1.807, 2.05) is 0 Å². The third kappa shape index (κ3) is 4.18. The molecule has 1 aliphatic rings. The summed E-state index contributed by atoms with van der Waals surface area (Å²) in [6.07, 6.45) is 2.93. The van der Waals surface area contributed by atoms with E-state index in [1.54, 1.807) is 0 Å². The molecular formula is C16H20FNO5. The summed E-state index contributed by atoms with van der Waals surface area (Å²) in [5, 5.41) is 2.93. The van der Waals surface area contributed by atoms with Crippen LogP contribution in [0.25, 0.3) is 0 Å². The zero-order valence-electron chi connectivity index (χ0n) is 13.2. The Morgan fingerprint density at radius 1 is 1.22 bits per heavy atom. The van der Waals surface area contributed by atoms with Gasteiger partial charge in [-0.15, -0.1) is 0 Å². The van der Waals surface area contributed by atoms with Crippen molar-refractivity contribution in [2.75, 3.05) is 20.8 Å². The number of hydrogen-bond acceptors (Lipinski definition) is 6. The number of nitrogens with zero attached hydrogens (tertiary/aromatic N) is 1. The third-order valence-corrected chi connectivity index (χ3v) is 4.08. The van der Waals surface area contributed by atoms with Crippen LogP contribution >= 0.6 is 0 Å². The molecule has 1 fully saturated rings. The van der Waals surface area contributed by atoms with Crippen LogP contribution in [-0.2, 0) is 4.74 Å². The van der Waals surface area contributed by atoms with Gasteiger partial charge in [-0.1, -0.05) is 5.18 Å². The van der Waals surface area contributed by atoms with Gasteiger partial charge < -0.3 is 14.2 Å². The Hall–Kier alpha value is -2.18. The molecule has 126 valence electrons. The van der Waals surface area contributed by atoms with E-state index in [0.717, 1.165) is 31.7 Å². The van der Waals surface area contributed by atoms with Gasteiger partial charge in [0.15, 0.2) is 11.6 Å². The van der Waals surface area contributed by atoms with E-state index in [2.05, 4.69) is 9.91 Å². The SMILES string of the molecule is COC(=O)c1cc(OC2CCC(CN=O)CC2)c(F)cc1OC. The average molecular weight is 325 g/mol. The zero-order chi connectivity index (χ0) is 16.8. The largest absolute Gasteiger partial charge is 0.496 e. The van der Waals surface area contributed by atoms with Crippen LogP contribution in [0.1, 0.15) is 36.0 Å². The highest BCUT2D eigenvalue weighted by Crippen LogP contribution is 2.32. The Bertz CT molecular complexity index is 570. The summed E-state index contributed by atoms with van der Waals surface area (Å²) in [4.78, 5) is 22.0. The fourth-order valence-corrected chi connectivity index (χ4v) is 2.78. The lowest BCUT2D eigenvalue weighted by molar-refractivity contribution is 0.0595. The highest BCUT2D eigenvalue weighted by Gasteiger charge is 2.25. The highest BCUT2D eigenvalue weighted by molar-refractivity contribution is 5.93. The van der Waals surface area contributed by atoms with Crippen molar-refractivity contribution in [3.63, 3.8) is 0 Å². The summed E-state index contributed by atoms with van der Waals surface area (Å²) in [6.45, 7) is 0.316. The highest BCUT2D eigenvalue weighted by atomic mass is 19.1. The first-order valence-corrected chi connectivity index (χ1v) is 7.50. The van der Waals surface area contributed by atoms with Gasteiger partial charge in [-0.2, -0.15) is 4.91 Å². The van der Waals surface area contributed by atoms with Crippen molar-refractivity contribution >= 4 is 5.97 Å². The van der Waals surface area contributed by atoms with Crippen LogP contribution < -0.4 is 9.47 Å². The number of ether oxygens (including phenoxy) is 3. The van der Waals surface area contributed by atoms with Crippen molar-refractivity contribution in [3.8, 4) is 11.5 Å². The normalized spacial score (nSPS) is 20.7. The quantitative estimate of drug-likeness (QED) is 0.592. The number of nitroso groups, excluding NO2 is 1. The molecule has 1 aliphatic carbocycles. The minimum Gasteiger partial charge on any atom is -0.496 e. The second-order valence-electron chi connectivity index (χ2n) is 5.55.